The monoisotopic (exact) mass is 1060 g/mol. The molecule has 6 aliphatic heterocycles. The normalized spacial score (nSPS) is 18.7. The van der Waals surface area contributed by atoms with Gasteiger partial charge in [-0.25, -0.2) is 23.7 Å². The van der Waals surface area contributed by atoms with Gasteiger partial charge < -0.3 is 38.5 Å². The quantitative estimate of drug-likeness (QED) is 0.147. The van der Waals surface area contributed by atoms with Crippen molar-refractivity contribution < 1.29 is 27.7 Å². The van der Waals surface area contributed by atoms with Gasteiger partial charge in [-0.2, -0.15) is 0 Å². The van der Waals surface area contributed by atoms with Crippen LogP contribution >= 0.6 is 11.6 Å². The molecule has 0 atom stereocenters. The van der Waals surface area contributed by atoms with Crippen molar-refractivity contribution >= 4 is 67.5 Å². The first kappa shape index (κ1) is 49.6. The van der Waals surface area contributed by atoms with Crippen LogP contribution in [0.1, 0.15) is 48.2 Å². The molecule has 17 heteroatoms. The fourth-order valence-corrected chi connectivity index (χ4v) is 12.9. The SMILES string of the molecule is Cc1c(-c2ccccn2)nc2cc(F)ccc2c1N1CC2(CCOCC2)c2nc(Cl)c(N3CCOCC3)cc21.Cc1c(-c2ccccn2)nc2cc(F)ccc2c1N1CC2(CCOCC2)c2ncc(N3CCOCC3)cc21. The molecule has 2 spiro atoms. The van der Waals surface area contributed by atoms with E-state index in [2.05, 4.69) is 55.5 Å². The van der Waals surface area contributed by atoms with Crippen LogP contribution in [-0.4, -0.2) is 122 Å². The van der Waals surface area contributed by atoms with E-state index in [-0.39, 0.29) is 22.5 Å². The van der Waals surface area contributed by atoms with Crippen LogP contribution in [-0.2, 0) is 29.8 Å². The highest BCUT2D eigenvalue weighted by Crippen LogP contribution is 2.54. The van der Waals surface area contributed by atoms with Crippen molar-refractivity contribution in [3.05, 3.63) is 143 Å². The van der Waals surface area contributed by atoms with Gasteiger partial charge in [0.15, 0.2) is 5.15 Å². The van der Waals surface area contributed by atoms with E-state index >= 15 is 0 Å². The van der Waals surface area contributed by atoms with Gasteiger partial charge in [-0.05, 0) is 100 Å². The van der Waals surface area contributed by atoms with Crippen molar-refractivity contribution in [2.24, 2.45) is 0 Å². The van der Waals surface area contributed by atoms with Gasteiger partial charge >= 0.3 is 0 Å². The Balaban J connectivity index is 0.000000147. The molecule has 8 aromatic rings. The summed E-state index contributed by atoms with van der Waals surface area (Å²) in [5, 5.41) is 2.35. The molecule has 0 saturated carbocycles. The van der Waals surface area contributed by atoms with Gasteiger partial charge in [-0.3, -0.25) is 15.0 Å². The molecule has 0 aliphatic carbocycles. The summed E-state index contributed by atoms with van der Waals surface area (Å²) in [6.07, 6.45) is 9.12. The number of hydrogen-bond acceptors (Lipinski definition) is 14. The Morgan fingerprint density at radius 1 is 0.506 bits per heavy atom. The summed E-state index contributed by atoms with van der Waals surface area (Å²) in [6.45, 7) is 14.5. The summed E-state index contributed by atoms with van der Waals surface area (Å²) in [7, 11) is 0. The summed E-state index contributed by atoms with van der Waals surface area (Å²) in [5.74, 6) is -0.617. The number of benzene rings is 2. The molecule has 2 aromatic carbocycles. The lowest BCUT2D eigenvalue weighted by atomic mass is 9.78. The van der Waals surface area contributed by atoms with Gasteiger partial charge in [0.1, 0.15) is 11.6 Å². The van der Waals surface area contributed by atoms with Crippen LogP contribution in [0.4, 0.5) is 42.9 Å². The van der Waals surface area contributed by atoms with Crippen molar-refractivity contribution in [2.75, 3.05) is 112 Å². The predicted molar refractivity (Wildman–Crippen MR) is 296 cm³/mol. The van der Waals surface area contributed by atoms with Gasteiger partial charge in [0, 0.05) is 123 Å². The summed E-state index contributed by atoms with van der Waals surface area (Å²) in [5.41, 5.74) is 14.4. The first-order valence-corrected chi connectivity index (χ1v) is 27.1. The first-order valence-electron chi connectivity index (χ1n) is 26.8. The van der Waals surface area contributed by atoms with Gasteiger partial charge in [0.25, 0.3) is 0 Å². The van der Waals surface area contributed by atoms with E-state index in [1.165, 1.54) is 24.3 Å². The standard InChI is InChI=1S/C30H29ClFN5O2.C30H30FN5O2/c1-19-26(22-4-2-3-9-33-22)34-23-16-20(32)5-6-21(23)27(19)37-18-30(7-12-38-13-8-30)28-24(37)17-25(29(31)35-28)36-10-14-39-15-11-36;1-20-27(24-4-2-3-9-32-24)34-25-16-21(31)5-6-23(25)28(20)36-19-30(7-12-37-13-8-30)29-26(36)17-22(18-33-29)35-10-14-38-15-11-35/h2-6,9,16-17H,7-8,10-15,18H2,1H3;2-6,9,16-18H,7-8,10-15,19H2,1H3. The van der Waals surface area contributed by atoms with Crippen LogP contribution < -0.4 is 19.6 Å². The van der Waals surface area contributed by atoms with Gasteiger partial charge in [-0.15, -0.1) is 0 Å². The molecule has 77 heavy (non-hydrogen) atoms. The molecule has 6 aliphatic rings. The highest BCUT2D eigenvalue weighted by molar-refractivity contribution is 6.32. The van der Waals surface area contributed by atoms with Crippen LogP contribution in [0.5, 0.6) is 0 Å². The molecule has 4 fully saturated rings. The highest BCUT2D eigenvalue weighted by Gasteiger charge is 2.49. The zero-order valence-electron chi connectivity index (χ0n) is 43.3. The number of hydrogen-bond donors (Lipinski definition) is 0. The zero-order valence-corrected chi connectivity index (χ0v) is 44.0. The minimum atomic E-state index is -0.317. The molecule has 0 N–H and O–H groups in total. The van der Waals surface area contributed by atoms with E-state index in [0.717, 1.165) is 182 Å². The van der Waals surface area contributed by atoms with Gasteiger partial charge in [0.05, 0.1) is 112 Å². The fourth-order valence-electron chi connectivity index (χ4n) is 12.6. The number of fused-ring (bicyclic) bond motifs is 6. The molecule has 0 bridgehead atoms. The second-order valence-corrected chi connectivity index (χ2v) is 21.4. The lowest BCUT2D eigenvalue weighted by molar-refractivity contribution is 0.0544. The lowest BCUT2D eigenvalue weighted by Crippen LogP contribution is -2.38. The topological polar surface area (TPSA) is 127 Å². The largest absolute Gasteiger partial charge is 0.381 e. The number of anilines is 6. The maximum atomic E-state index is 14.5. The maximum absolute atomic E-state index is 14.5. The zero-order chi connectivity index (χ0) is 52.3. The van der Waals surface area contributed by atoms with Crippen molar-refractivity contribution in [1.29, 1.82) is 0 Å². The third-order valence-electron chi connectivity index (χ3n) is 16.6. The number of halogens is 3. The number of morpholine rings is 2. The van der Waals surface area contributed by atoms with Crippen LogP contribution in [0.25, 0.3) is 44.6 Å². The minimum absolute atomic E-state index is 0.0929. The van der Waals surface area contributed by atoms with Crippen LogP contribution in [0.3, 0.4) is 0 Å². The third kappa shape index (κ3) is 8.97. The first-order chi connectivity index (χ1) is 37.7. The Morgan fingerprint density at radius 3 is 1.49 bits per heavy atom. The van der Waals surface area contributed by atoms with Gasteiger partial charge in [-0.1, -0.05) is 23.7 Å². The Labute approximate surface area is 451 Å². The molecule has 14 nitrogen and oxygen atoms in total. The van der Waals surface area contributed by atoms with E-state index in [9.17, 15) is 8.78 Å². The second-order valence-electron chi connectivity index (χ2n) is 21.0. The van der Waals surface area contributed by atoms with Crippen LogP contribution in [0.15, 0.2) is 104 Å². The number of aromatic nitrogens is 6. The molecule has 0 unspecified atom stereocenters. The molecule has 394 valence electrons. The second kappa shape index (κ2) is 20.4. The van der Waals surface area contributed by atoms with E-state index in [1.807, 2.05) is 54.7 Å². The van der Waals surface area contributed by atoms with Crippen molar-refractivity contribution in [3.8, 4) is 22.8 Å². The predicted octanol–water partition coefficient (Wildman–Crippen LogP) is 11.0. The van der Waals surface area contributed by atoms with Crippen LogP contribution in [0, 0.1) is 25.5 Å². The Hall–Kier alpha value is -6.95. The van der Waals surface area contributed by atoms with Crippen molar-refractivity contribution in [1.82, 2.24) is 29.9 Å². The average Bonchev–Trinajstić information content (AvgIpc) is 4.07. The summed E-state index contributed by atoms with van der Waals surface area (Å²) in [4.78, 5) is 38.5. The van der Waals surface area contributed by atoms with Gasteiger partial charge in [0.2, 0.25) is 0 Å². The molecular formula is C60H59ClF2N10O4. The molecular weight excluding hydrogens is 998 g/mol. The number of nitrogens with zero attached hydrogens (tertiary/aromatic N) is 10. The molecule has 12 heterocycles. The number of pyridine rings is 6. The van der Waals surface area contributed by atoms with Crippen molar-refractivity contribution in [3.63, 3.8) is 0 Å². The maximum Gasteiger partial charge on any atom is 0.152 e. The summed E-state index contributed by atoms with van der Waals surface area (Å²) >= 11 is 6.88. The Morgan fingerprint density at radius 2 is 0.987 bits per heavy atom. The van der Waals surface area contributed by atoms with E-state index in [1.54, 1.807) is 12.4 Å². The third-order valence-corrected chi connectivity index (χ3v) is 16.9. The Bertz CT molecular complexity index is 3520. The highest BCUT2D eigenvalue weighted by atomic mass is 35.5. The molecule has 6 aromatic heterocycles. The molecule has 0 amide bonds. The smallest absolute Gasteiger partial charge is 0.152 e. The number of rotatable bonds is 6. The van der Waals surface area contributed by atoms with Crippen LogP contribution in [0.2, 0.25) is 5.15 Å². The Kier molecular flexibility index (Phi) is 13.2. The van der Waals surface area contributed by atoms with E-state index in [4.69, 9.17) is 50.5 Å². The summed E-state index contributed by atoms with van der Waals surface area (Å²) < 4.78 is 51.7. The molecule has 14 rings (SSSR count). The summed E-state index contributed by atoms with van der Waals surface area (Å²) in [6, 6.07) is 25.8. The lowest BCUT2D eigenvalue weighted by Gasteiger charge is -2.34. The van der Waals surface area contributed by atoms with Crippen molar-refractivity contribution in [2.45, 2.75) is 50.4 Å². The van der Waals surface area contributed by atoms with E-state index in [0.29, 0.717) is 42.6 Å². The number of ether oxygens (including phenoxy) is 4. The molecule has 4 saturated heterocycles. The average molecular weight is 1060 g/mol. The van der Waals surface area contributed by atoms with E-state index < -0.39 is 0 Å². The molecule has 0 radical (unpaired) electrons. The minimum Gasteiger partial charge on any atom is -0.381 e. The fraction of sp³-hybridized carbons (Fsp3) is 0.367.